The number of nitrogens with one attached hydrogen (secondary N) is 1. The predicted molar refractivity (Wildman–Crippen MR) is 97.0 cm³/mol. The molecule has 0 unspecified atom stereocenters. The van der Waals surface area contributed by atoms with Gasteiger partial charge in [-0.1, -0.05) is 24.9 Å². The fraction of sp³-hybridized carbons (Fsp3) is 0.778. The third-order valence-electron chi connectivity index (χ3n) is 5.89. The Hall–Kier alpha value is -1.41. The molecule has 2 fully saturated rings. The van der Waals surface area contributed by atoms with E-state index in [1.54, 1.807) is 13.8 Å². The third-order valence-corrected chi connectivity index (χ3v) is 8.03. The number of aromatic nitrogens is 1. The van der Waals surface area contributed by atoms with E-state index < -0.39 is 10.0 Å². The lowest BCUT2D eigenvalue weighted by Gasteiger charge is -2.34. The number of rotatable bonds is 5. The maximum Gasteiger partial charge on any atom is 0.248 e. The van der Waals surface area contributed by atoms with Crippen LogP contribution in [0.25, 0.3) is 0 Å². The van der Waals surface area contributed by atoms with E-state index in [-0.39, 0.29) is 22.6 Å². The molecule has 1 aromatic rings. The van der Waals surface area contributed by atoms with Gasteiger partial charge < -0.3 is 9.84 Å². The first-order chi connectivity index (χ1) is 12.3. The van der Waals surface area contributed by atoms with Gasteiger partial charge in [0.25, 0.3) is 0 Å². The van der Waals surface area contributed by atoms with E-state index in [0.29, 0.717) is 43.4 Å². The molecular formula is C18H29N3O4S. The lowest BCUT2D eigenvalue weighted by atomic mass is 9.85. The Morgan fingerprint density at radius 3 is 2.35 bits per heavy atom. The van der Waals surface area contributed by atoms with Crippen molar-refractivity contribution in [3.05, 3.63) is 11.5 Å². The number of hydrogen-bond acceptors (Lipinski definition) is 5. The molecule has 26 heavy (non-hydrogen) atoms. The highest BCUT2D eigenvalue weighted by atomic mass is 32.2. The Bertz CT molecular complexity index is 725. The van der Waals surface area contributed by atoms with Gasteiger partial charge in [-0.15, -0.1) is 0 Å². The average Bonchev–Trinajstić information content (AvgIpc) is 3.24. The van der Waals surface area contributed by atoms with Crippen molar-refractivity contribution < 1.29 is 17.7 Å². The number of nitrogens with zero attached hydrogens (tertiary/aromatic N) is 2. The number of amides is 1. The van der Waals surface area contributed by atoms with Crippen LogP contribution in [0.3, 0.4) is 0 Å². The summed E-state index contributed by atoms with van der Waals surface area (Å²) in [6, 6.07) is 0.324. The van der Waals surface area contributed by atoms with Crippen LogP contribution in [0, 0.1) is 25.7 Å². The second kappa shape index (κ2) is 7.68. The number of carbonyl (C=O) groups excluding carboxylic acids is 1. The van der Waals surface area contributed by atoms with E-state index in [0.717, 1.165) is 12.8 Å². The topological polar surface area (TPSA) is 92.5 Å². The molecule has 7 nitrogen and oxygen atoms in total. The molecule has 0 spiro atoms. The van der Waals surface area contributed by atoms with E-state index in [2.05, 4.69) is 10.5 Å². The molecule has 0 aromatic carbocycles. The number of aryl methyl sites for hydroxylation is 2. The Labute approximate surface area is 155 Å². The molecule has 1 atom stereocenters. The van der Waals surface area contributed by atoms with Crippen molar-refractivity contribution >= 4 is 15.9 Å². The highest BCUT2D eigenvalue weighted by molar-refractivity contribution is 7.89. The molecule has 146 valence electrons. The summed E-state index contributed by atoms with van der Waals surface area (Å²) in [7, 11) is -3.59. The van der Waals surface area contributed by atoms with E-state index in [1.807, 2.05) is 6.92 Å². The van der Waals surface area contributed by atoms with Gasteiger partial charge in [0.15, 0.2) is 5.76 Å². The highest BCUT2D eigenvalue weighted by Gasteiger charge is 2.36. The second-order valence-corrected chi connectivity index (χ2v) is 9.55. The van der Waals surface area contributed by atoms with Gasteiger partial charge >= 0.3 is 0 Å². The molecule has 1 aliphatic heterocycles. The Morgan fingerprint density at radius 1 is 1.19 bits per heavy atom. The van der Waals surface area contributed by atoms with Crippen LogP contribution in [0.2, 0.25) is 0 Å². The molecule has 1 saturated carbocycles. The smallest absolute Gasteiger partial charge is 0.248 e. The zero-order valence-electron chi connectivity index (χ0n) is 15.8. The average molecular weight is 384 g/mol. The van der Waals surface area contributed by atoms with Gasteiger partial charge in [-0.05, 0) is 45.4 Å². The maximum atomic E-state index is 12.9. The lowest BCUT2D eigenvalue weighted by Crippen LogP contribution is -2.44. The Balaban J connectivity index is 1.59. The number of sulfonamides is 1. The molecule has 1 aliphatic carbocycles. The normalized spacial score (nSPS) is 21.8. The number of hydrogen-bond donors (Lipinski definition) is 1. The van der Waals surface area contributed by atoms with Crippen LogP contribution in [0.4, 0.5) is 0 Å². The molecule has 2 heterocycles. The number of piperidine rings is 1. The van der Waals surface area contributed by atoms with Gasteiger partial charge in [-0.2, -0.15) is 4.31 Å². The molecule has 2 aliphatic rings. The third kappa shape index (κ3) is 3.81. The monoisotopic (exact) mass is 383 g/mol. The van der Waals surface area contributed by atoms with Crippen LogP contribution in [0.15, 0.2) is 9.42 Å². The quantitative estimate of drug-likeness (QED) is 0.843. The summed E-state index contributed by atoms with van der Waals surface area (Å²) < 4.78 is 32.3. The minimum atomic E-state index is -3.59. The molecule has 1 saturated heterocycles. The van der Waals surface area contributed by atoms with E-state index in [9.17, 15) is 13.2 Å². The summed E-state index contributed by atoms with van der Waals surface area (Å²) >= 11 is 0. The van der Waals surface area contributed by atoms with Crippen LogP contribution in [-0.2, 0) is 14.8 Å². The molecule has 8 heteroatoms. The van der Waals surface area contributed by atoms with Gasteiger partial charge in [-0.3, -0.25) is 4.79 Å². The summed E-state index contributed by atoms with van der Waals surface area (Å²) in [5, 5.41) is 6.92. The minimum absolute atomic E-state index is 0.0838. The van der Waals surface area contributed by atoms with Crippen molar-refractivity contribution in [2.24, 2.45) is 11.8 Å². The van der Waals surface area contributed by atoms with Crippen molar-refractivity contribution in [2.45, 2.75) is 70.2 Å². The maximum absolute atomic E-state index is 12.9. The first-order valence-corrected chi connectivity index (χ1v) is 11.0. The van der Waals surface area contributed by atoms with Crippen molar-refractivity contribution in [3.8, 4) is 0 Å². The van der Waals surface area contributed by atoms with Crippen molar-refractivity contribution in [1.82, 2.24) is 14.8 Å². The van der Waals surface area contributed by atoms with E-state index in [1.165, 1.54) is 17.1 Å². The van der Waals surface area contributed by atoms with Gasteiger partial charge in [-0.25, -0.2) is 8.42 Å². The van der Waals surface area contributed by atoms with E-state index >= 15 is 0 Å². The fourth-order valence-electron chi connectivity index (χ4n) is 4.20. The highest BCUT2D eigenvalue weighted by Crippen LogP contribution is 2.31. The van der Waals surface area contributed by atoms with Crippen molar-refractivity contribution in [1.29, 1.82) is 0 Å². The standard InChI is InChI=1S/C18H29N3O4S/c1-12(18(22)19-16-6-4-5-7-16)15-8-10-21(11-9-15)26(23,24)17-13(2)20-25-14(17)3/h12,15-16H,4-11H2,1-3H3,(H,19,22)/t12-/m1/s1. The zero-order valence-corrected chi connectivity index (χ0v) is 16.6. The molecule has 0 bridgehead atoms. The van der Waals surface area contributed by atoms with Crippen molar-refractivity contribution in [2.75, 3.05) is 13.1 Å². The Kier molecular flexibility index (Phi) is 5.72. The molecule has 1 N–H and O–H groups in total. The predicted octanol–water partition coefficient (Wildman–Crippen LogP) is 2.39. The fourth-order valence-corrected chi connectivity index (χ4v) is 5.97. The molecule has 0 radical (unpaired) electrons. The van der Waals surface area contributed by atoms with Crippen LogP contribution >= 0.6 is 0 Å². The molecule has 1 aromatic heterocycles. The van der Waals surface area contributed by atoms with Gasteiger partial charge in [0.05, 0.1) is 0 Å². The first-order valence-electron chi connectivity index (χ1n) is 9.54. The Morgan fingerprint density at radius 2 is 1.81 bits per heavy atom. The lowest BCUT2D eigenvalue weighted by molar-refractivity contribution is -0.127. The van der Waals surface area contributed by atoms with Crippen LogP contribution in [0.5, 0.6) is 0 Å². The summed E-state index contributed by atoms with van der Waals surface area (Å²) in [5.74, 6) is 0.574. The van der Waals surface area contributed by atoms with Gasteiger partial charge in [0, 0.05) is 25.0 Å². The van der Waals surface area contributed by atoms with Gasteiger partial charge in [0.2, 0.25) is 15.9 Å². The van der Waals surface area contributed by atoms with Crippen LogP contribution in [0.1, 0.15) is 56.9 Å². The van der Waals surface area contributed by atoms with E-state index in [4.69, 9.17) is 4.52 Å². The summed E-state index contributed by atoms with van der Waals surface area (Å²) in [4.78, 5) is 12.7. The number of carbonyl (C=O) groups is 1. The molecule has 3 rings (SSSR count). The zero-order chi connectivity index (χ0) is 18.9. The largest absolute Gasteiger partial charge is 0.360 e. The molecular weight excluding hydrogens is 354 g/mol. The second-order valence-electron chi connectivity index (χ2n) is 7.67. The van der Waals surface area contributed by atoms with Crippen LogP contribution < -0.4 is 5.32 Å². The summed E-state index contributed by atoms with van der Waals surface area (Å²) in [6.45, 7) is 6.09. The minimum Gasteiger partial charge on any atom is -0.360 e. The summed E-state index contributed by atoms with van der Waals surface area (Å²) in [6.07, 6.45) is 5.93. The van der Waals surface area contributed by atoms with Crippen LogP contribution in [-0.4, -0.2) is 42.9 Å². The van der Waals surface area contributed by atoms with Crippen molar-refractivity contribution in [3.63, 3.8) is 0 Å². The van der Waals surface area contributed by atoms with Gasteiger partial charge in [0.1, 0.15) is 10.6 Å². The summed E-state index contributed by atoms with van der Waals surface area (Å²) in [5.41, 5.74) is 0.397. The first kappa shape index (κ1) is 19.4. The molecule has 1 amide bonds. The SMILES string of the molecule is Cc1noc(C)c1S(=O)(=O)N1CCC([C@@H](C)C(=O)NC2CCCC2)CC1.